The average molecular weight is 452 g/mol. The average Bonchev–Trinajstić information content (AvgIpc) is 3.50. The summed E-state index contributed by atoms with van der Waals surface area (Å²) in [6, 6.07) is 17.6. The molecular formula is C24H25N3O4S. The minimum absolute atomic E-state index is 0.00373. The number of hydrogen-bond acceptors (Lipinski definition) is 6. The van der Waals surface area contributed by atoms with E-state index in [0.717, 1.165) is 10.8 Å². The van der Waals surface area contributed by atoms with Gasteiger partial charge < -0.3 is 20.6 Å². The van der Waals surface area contributed by atoms with Crippen molar-refractivity contribution in [2.45, 2.75) is 31.4 Å². The van der Waals surface area contributed by atoms with Crippen molar-refractivity contribution in [2.24, 2.45) is 10.9 Å². The summed E-state index contributed by atoms with van der Waals surface area (Å²) in [4.78, 5) is 32.5. The van der Waals surface area contributed by atoms with Gasteiger partial charge in [-0.05, 0) is 28.3 Å². The first-order valence-electron chi connectivity index (χ1n) is 10.5. The smallest absolute Gasteiger partial charge is 0.353 e. The number of carboxylic acids is 1. The number of amides is 1. The van der Waals surface area contributed by atoms with Gasteiger partial charge in [-0.15, -0.1) is 11.3 Å². The molecule has 0 radical (unpaired) electrons. The lowest BCUT2D eigenvalue weighted by Gasteiger charge is -2.37. The SMILES string of the molecule is NCc1cccs1.O=C(O)C1=NOC2(CCN(C(=O)c3cccc4ccccc34)CC2)C1. The summed E-state index contributed by atoms with van der Waals surface area (Å²) in [5.74, 6) is -1.03. The van der Waals surface area contributed by atoms with Crippen LogP contribution in [0.3, 0.4) is 0 Å². The van der Waals surface area contributed by atoms with E-state index in [1.165, 1.54) is 4.88 Å². The van der Waals surface area contributed by atoms with E-state index in [1.54, 1.807) is 11.3 Å². The van der Waals surface area contributed by atoms with Crippen LogP contribution in [0.25, 0.3) is 10.8 Å². The number of benzene rings is 2. The number of fused-ring (bicyclic) bond motifs is 1. The molecule has 0 unspecified atom stereocenters. The highest BCUT2D eigenvalue weighted by Gasteiger charge is 2.44. The van der Waals surface area contributed by atoms with Gasteiger partial charge in [-0.3, -0.25) is 4.79 Å². The fourth-order valence-corrected chi connectivity index (χ4v) is 4.62. The van der Waals surface area contributed by atoms with E-state index in [-0.39, 0.29) is 11.6 Å². The van der Waals surface area contributed by atoms with Crippen LogP contribution in [0.1, 0.15) is 34.5 Å². The molecule has 1 aromatic heterocycles. The van der Waals surface area contributed by atoms with Gasteiger partial charge in [0.25, 0.3) is 5.91 Å². The second-order valence-electron chi connectivity index (χ2n) is 7.90. The van der Waals surface area contributed by atoms with Gasteiger partial charge in [0.05, 0.1) is 0 Å². The third-order valence-corrected chi connectivity index (χ3v) is 6.75. The van der Waals surface area contributed by atoms with E-state index in [4.69, 9.17) is 15.7 Å². The van der Waals surface area contributed by atoms with Crippen LogP contribution in [0.4, 0.5) is 0 Å². The minimum Gasteiger partial charge on any atom is -0.477 e. The summed E-state index contributed by atoms with van der Waals surface area (Å²) in [7, 11) is 0. The topological polar surface area (TPSA) is 105 Å². The maximum atomic E-state index is 13.0. The molecule has 8 heteroatoms. The summed E-state index contributed by atoms with van der Waals surface area (Å²) in [6.45, 7) is 1.74. The second-order valence-corrected chi connectivity index (χ2v) is 8.93. The number of likely N-dealkylation sites (tertiary alicyclic amines) is 1. The van der Waals surface area contributed by atoms with Crippen molar-refractivity contribution in [3.63, 3.8) is 0 Å². The monoisotopic (exact) mass is 451 g/mol. The van der Waals surface area contributed by atoms with Crippen LogP contribution in [0.15, 0.2) is 65.1 Å². The lowest BCUT2D eigenvalue weighted by atomic mass is 9.86. The Bertz CT molecular complexity index is 1130. The number of hydrogen-bond donors (Lipinski definition) is 2. The number of carboxylic acid groups (broad SMARTS) is 1. The number of thiophene rings is 1. The molecule has 3 N–H and O–H groups in total. The van der Waals surface area contributed by atoms with Crippen molar-refractivity contribution < 1.29 is 19.5 Å². The van der Waals surface area contributed by atoms with E-state index >= 15 is 0 Å². The molecule has 2 aromatic carbocycles. The first-order chi connectivity index (χ1) is 15.5. The van der Waals surface area contributed by atoms with Gasteiger partial charge in [-0.2, -0.15) is 0 Å². The Balaban J connectivity index is 0.000000300. The third-order valence-electron chi connectivity index (χ3n) is 5.85. The highest BCUT2D eigenvalue weighted by molar-refractivity contribution is 7.09. The Morgan fingerprint density at radius 3 is 2.47 bits per heavy atom. The molecule has 2 aliphatic rings. The quantitative estimate of drug-likeness (QED) is 0.629. The zero-order valence-electron chi connectivity index (χ0n) is 17.6. The van der Waals surface area contributed by atoms with Crippen LogP contribution in [0, 0.1) is 0 Å². The van der Waals surface area contributed by atoms with E-state index in [9.17, 15) is 9.59 Å². The van der Waals surface area contributed by atoms with Crippen molar-refractivity contribution in [2.75, 3.05) is 13.1 Å². The molecule has 3 aromatic rings. The van der Waals surface area contributed by atoms with Crippen molar-refractivity contribution in [1.82, 2.24) is 4.90 Å². The van der Waals surface area contributed by atoms with Crippen molar-refractivity contribution >= 4 is 39.7 Å². The summed E-state index contributed by atoms with van der Waals surface area (Å²) in [6.07, 6.45) is 1.48. The van der Waals surface area contributed by atoms with E-state index < -0.39 is 11.6 Å². The fourth-order valence-electron chi connectivity index (χ4n) is 4.03. The van der Waals surface area contributed by atoms with Gasteiger partial charge in [0, 0.05) is 49.3 Å². The third kappa shape index (κ3) is 4.66. The summed E-state index contributed by atoms with van der Waals surface area (Å²) >= 11 is 1.70. The zero-order valence-corrected chi connectivity index (χ0v) is 18.4. The van der Waals surface area contributed by atoms with Crippen molar-refractivity contribution in [3.8, 4) is 0 Å². The van der Waals surface area contributed by atoms with Gasteiger partial charge in [0.1, 0.15) is 5.60 Å². The number of carbonyl (C=O) groups is 2. The Morgan fingerprint density at radius 1 is 1.09 bits per heavy atom. The molecule has 2 aliphatic heterocycles. The maximum Gasteiger partial charge on any atom is 0.353 e. The molecule has 1 spiro atoms. The Morgan fingerprint density at radius 2 is 1.84 bits per heavy atom. The molecule has 3 heterocycles. The number of oxime groups is 1. The lowest BCUT2D eigenvalue weighted by molar-refractivity contribution is -0.129. The van der Waals surface area contributed by atoms with E-state index in [1.807, 2.05) is 64.9 Å². The molecule has 1 amide bonds. The second kappa shape index (κ2) is 9.50. The molecule has 32 heavy (non-hydrogen) atoms. The summed E-state index contributed by atoms with van der Waals surface area (Å²) in [5, 5.41) is 16.8. The molecule has 0 saturated carbocycles. The molecule has 0 atom stereocenters. The highest BCUT2D eigenvalue weighted by atomic mass is 32.1. The van der Waals surface area contributed by atoms with Crippen LogP contribution in [-0.2, 0) is 16.2 Å². The highest BCUT2D eigenvalue weighted by Crippen LogP contribution is 2.35. The largest absolute Gasteiger partial charge is 0.477 e. The van der Waals surface area contributed by atoms with Crippen LogP contribution in [0.2, 0.25) is 0 Å². The number of nitrogens with zero attached hydrogens (tertiary/aromatic N) is 2. The van der Waals surface area contributed by atoms with Crippen LogP contribution >= 0.6 is 11.3 Å². The van der Waals surface area contributed by atoms with Crippen LogP contribution < -0.4 is 5.73 Å². The predicted molar refractivity (Wildman–Crippen MR) is 125 cm³/mol. The first-order valence-corrected chi connectivity index (χ1v) is 11.4. The number of rotatable bonds is 3. The lowest BCUT2D eigenvalue weighted by Crippen LogP contribution is -2.47. The van der Waals surface area contributed by atoms with E-state index in [2.05, 4.69) is 5.16 Å². The molecule has 5 rings (SSSR count). The van der Waals surface area contributed by atoms with Crippen LogP contribution in [0.5, 0.6) is 0 Å². The Labute approximate surface area is 190 Å². The normalized spacial score (nSPS) is 16.8. The summed E-state index contributed by atoms with van der Waals surface area (Å²) < 4.78 is 0. The minimum atomic E-state index is -1.04. The Kier molecular flexibility index (Phi) is 6.53. The first kappa shape index (κ1) is 22.0. The maximum absolute atomic E-state index is 13.0. The number of piperidine rings is 1. The zero-order chi connectivity index (χ0) is 22.6. The van der Waals surface area contributed by atoms with Gasteiger partial charge in [-0.1, -0.05) is 47.6 Å². The van der Waals surface area contributed by atoms with Gasteiger partial charge >= 0.3 is 5.97 Å². The molecule has 7 nitrogen and oxygen atoms in total. The molecule has 166 valence electrons. The van der Waals surface area contributed by atoms with Crippen LogP contribution in [-0.4, -0.2) is 46.3 Å². The Hall–Kier alpha value is -3.23. The fraction of sp³-hybridized carbons (Fsp3) is 0.292. The molecular weight excluding hydrogens is 426 g/mol. The molecule has 0 aliphatic carbocycles. The molecule has 1 fully saturated rings. The number of aliphatic carboxylic acids is 1. The predicted octanol–water partition coefficient (Wildman–Crippen LogP) is 3.88. The van der Waals surface area contributed by atoms with Gasteiger partial charge in [0.15, 0.2) is 5.71 Å². The molecule has 0 bridgehead atoms. The van der Waals surface area contributed by atoms with E-state index in [0.29, 0.717) is 44.5 Å². The summed E-state index contributed by atoms with van der Waals surface area (Å²) in [5.41, 5.74) is 5.50. The van der Waals surface area contributed by atoms with Gasteiger partial charge in [-0.25, -0.2) is 4.79 Å². The molecule has 1 saturated heterocycles. The van der Waals surface area contributed by atoms with Crippen molar-refractivity contribution in [1.29, 1.82) is 0 Å². The van der Waals surface area contributed by atoms with Gasteiger partial charge in [0.2, 0.25) is 0 Å². The van der Waals surface area contributed by atoms with Crippen molar-refractivity contribution in [3.05, 3.63) is 70.4 Å². The number of nitrogens with two attached hydrogens (primary N) is 1. The standard InChI is InChI=1S/C19H18N2O4.C5H7NS/c22-17(15-7-3-5-13-4-1-2-6-14(13)15)21-10-8-19(9-11-21)12-16(18(23)24)20-25-19;6-4-5-2-1-3-7-5/h1-7H,8-12H2,(H,23,24);1-3H,4,6H2. The number of carbonyl (C=O) groups excluding carboxylic acids is 1.